The number of nitrogens with one attached hydrogen (secondary N) is 2. The number of hydrogen-bond donors (Lipinski definition) is 2. The summed E-state index contributed by atoms with van der Waals surface area (Å²) in [5, 5.41) is 2.96. The minimum Gasteiger partial charge on any atom is -0.459 e. The van der Waals surface area contributed by atoms with E-state index < -0.39 is 15.9 Å². The smallest absolute Gasteiger partial charge is 0.306 e. The predicted molar refractivity (Wildman–Crippen MR) is 193 cm³/mol. The van der Waals surface area contributed by atoms with Gasteiger partial charge in [0.15, 0.2) is 0 Å². The fraction of sp³-hybridized carbons (Fsp3) is 0.641. The van der Waals surface area contributed by atoms with Crippen molar-refractivity contribution >= 4 is 27.8 Å². The number of sulfonamides is 1. The zero-order valence-electron chi connectivity index (χ0n) is 29.7. The maximum Gasteiger partial charge on any atom is 0.306 e. The fourth-order valence-electron chi connectivity index (χ4n) is 6.30. The lowest BCUT2D eigenvalue weighted by Gasteiger charge is -2.20. The molecular formula is C39H59N3O6S. The van der Waals surface area contributed by atoms with Gasteiger partial charge < -0.3 is 10.1 Å². The molecule has 0 aliphatic heterocycles. The van der Waals surface area contributed by atoms with E-state index in [9.17, 15) is 22.8 Å². The molecule has 2 amide bonds. The molecule has 0 unspecified atom stereocenters. The highest BCUT2D eigenvalue weighted by Gasteiger charge is 2.20. The highest BCUT2D eigenvalue weighted by Crippen LogP contribution is 2.26. The average molecular weight is 698 g/mol. The van der Waals surface area contributed by atoms with Crippen molar-refractivity contribution in [1.82, 2.24) is 15.0 Å². The molecule has 1 aromatic heterocycles. The van der Waals surface area contributed by atoms with Crippen LogP contribution in [0.2, 0.25) is 0 Å². The van der Waals surface area contributed by atoms with Crippen LogP contribution in [0.3, 0.4) is 0 Å². The summed E-state index contributed by atoms with van der Waals surface area (Å²) in [7, 11) is -4.10. The molecule has 2 N–H and O–H groups in total. The Bertz CT molecular complexity index is 1360. The second kappa shape index (κ2) is 23.2. The molecular weight excluding hydrogens is 639 g/mol. The third-order valence-corrected chi connectivity index (χ3v) is 10.7. The van der Waals surface area contributed by atoms with E-state index in [1.165, 1.54) is 108 Å². The van der Waals surface area contributed by atoms with Crippen molar-refractivity contribution in [2.75, 3.05) is 6.54 Å². The molecule has 10 heteroatoms. The third kappa shape index (κ3) is 16.8. The second-order valence-corrected chi connectivity index (χ2v) is 15.3. The maximum absolute atomic E-state index is 12.8. The number of rotatable bonds is 24. The van der Waals surface area contributed by atoms with Crippen LogP contribution in [0.5, 0.6) is 0 Å². The molecule has 2 aromatic rings. The summed E-state index contributed by atoms with van der Waals surface area (Å²) in [5.41, 5.74) is 1.43. The number of ether oxygens (including phenoxy) is 1. The molecule has 0 atom stereocenters. The summed E-state index contributed by atoms with van der Waals surface area (Å²) >= 11 is 0. The summed E-state index contributed by atoms with van der Waals surface area (Å²) < 4.78 is 33.1. The lowest BCUT2D eigenvalue weighted by atomic mass is 9.87. The van der Waals surface area contributed by atoms with Crippen LogP contribution in [0.4, 0.5) is 0 Å². The lowest BCUT2D eigenvalue weighted by Crippen LogP contribution is -2.30. The number of pyridine rings is 1. The van der Waals surface area contributed by atoms with E-state index in [2.05, 4.69) is 21.9 Å². The molecule has 1 aliphatic carbocycles. The Balaban J connectivity index is 1.27. The first-order valence-electron chi connectivity index (χ1n) is 18.8. The van der Waals surface area contributed by atoms with Gasteiger partial charge in [0.05, 0.1) is 16.2 Å². The Morgan fingerprint density at radius 1 is 0.796 bits per heavy atom. The number of benzene rings is 1. The van der Waals surface area contributed by atoms with E-state index in [1.54, 1.807) is 18.2 Å². The Labute approximate surface area is 294 Å². The van der Waals surface area contributed by atoms with Crippen LogP contribution in [0.15, 0.2) is 47.5 Å². The van der Waals surface area contributed by atoms with Crippen LogP contribution in [0, 0.1) is 5.92 Å². The van der Waals surface area contributed by atoms with E-state index in [0.29, 0.717) is 37.4 Å². The monoisotopic (exact) mass is 697 g/mol. The Kier molecular flexibility index (Phi) is 19.0. The molecule has 0 saturated heterocycles. The van der Waals surface area contributed by atoms with Gasteiger partial charge in [-0.3, -0.25) is 19.4 Å². The van der Waals surface area contributed by atoms with Crippen LogP contribution in [0.1, 0.15) is 157 Å². The van der Waals surface area contributed by atoms with E-state index in [-0.39, 0.29) is 28.9 Å². The minimum atomic E-state index is -4.10. The molecule has 0 bridgehead atoms. The predicted octanol–water partition coefficient (Wildman–Crippen LogP) is 8.35. The van der Waals surface area contributed by atoms with Crippen LogP contribution in [-0.4, -0.2) is 37.7 Å². The molecule has 1 heterocycles. The van der Waals surface area contributed by atoms with Crippen LogP contribution in [0.25, 0.3) is 0 Å². The first kappa shape index (κ1) is 40.2. The molecule has 1 saturated carbocycles. The molecule has 3 rings (SSSR count). The second-order valence-electron chi connectivity index (χ2n) is 13.6. The number of amides is 2. The summed E-state index contributed by atoms with van der Waals surface area (Å²) in [5.74, 6) is -0.528. The van der Waals surface area contributed by atoms with E-state index in [0.717, 1.165) is 37.7 Å². The molecule has 0 radical (unpaired) electrons. The van der Waals surface area contributed by atoms with Crippen molar-refractivity contribution in [2.24, 2.45) is 5.92 Å². The van der Waals surface area contributed by atoms with Crippen molar-refractivity contribution in [1.29, 1.82) is 0 Å². The molecule has 1 aromatic carbocycles. The third-order valence-electron chi connectivity index (χ3n) is 9.35. The fourth-order valence-corrected chi connectivity index (χ4v) is 7.28. The summed E-state index contributed by atoms with van der Waals surface area (Å²) in [6.07, 6.45) is 24.9. The molecule has 1 fully saturated rings. The summed E-state index contributed by atoms with van der Waals surface area (Å²) in [6, 6.07) is 9.26. The molecule has 272 valence electrons. The minimum absolute atomic E-state index is 0.00593. The van der Waals surface area contributed by atoms with E-state index in [1.807, 2.05) is 0 Å². The van der Waals surface area contributed by atoms with Gasteiger partial charge >= 0.3 is 5.97 Å². The van der Waals surface area contributed by atoms with Gasteiger partial charge in [0.2, 0.25) is 5.91 Å². The number of carbonyl (C=O) groups excluding carboxylic acids is 3. The highest BCUT2D eigenvalue weighted by molar-refractivity contribution is 7.90. The van der Waals surface area contributed by atoms with Crippen molar-refractivity contribution < 1.29 is 27.5 Å². The van der Waals surface area contributed by atoms with Crippen LogP contribution in [-0.2, 0) is 37.4 Å². The largest absolute Gasteiger partial charge is 0.459 e. The topological polar surface area (TPSA) is 132 Å². The van der Waals surface area contributed by atoms with Gasteiger partial charge in [-0.05, 0) is 61.4 Å². The standard InChI is InChI=1S/C39H59N3O6S/c1-2-3-4-5-6-7-8-9-10-11-12-13-17-20-38(44)48-31-35-24-23-34(30-41-35)39(45)42-49(46,47)36-25-21-32(22-26-36)27-28-40-37(43)29-33-18-15-14-16-19-33/h21-26,30,33H,2-20,27-29,31H2,1H3,(H,40,43)(H,42,45). The van der Waals surface area contributed by atoms with Gasteiger partial charge in [0, 0.05) is 25.6 Å². The normalized spacial score (nSPS) is 13.6. The van der Waals surface area contributed by atoms with Gasteiger partial charge in [-0.1, -0.05) is 115 Å². The molecule has 0 spiro atoms. The quantitative estimate of drug-likeness (QED) is 0.0833. The Morgan fingerprint density at radius 3 is 2.00 bits per heavy atom. The maximum atomic E-state index is 12.8. The van der Waals surface area contributed by atoms with Crippen molar-refractivity contribution in [3.05, 3.63) is 59.4 Å². The lowest BCUT2D eigenvalue weighted by molar-refractivity contribution is -0.145. The van der Waals surface area contributed by atoms with Crippen molar-refractivity contribution in [3.8, 4) is 0 Å². The molecule has 49 heavy (non-hydrogen) atoms. The number of nitrogens with zero attached hydrogens (tertiary/aromatic N) is 1. The number of hydrogen-bond acceptors (Lipinski definition) is 7. The van der Waals surface area contributed by atoms with E-state index in [4.69, 9.17) is 4.74 Å². The first-order chi connectivity index (χ1) is 23.8. The van der Waals surface area contributed by atoms with Gasteiger partial charge in [-0.25, -0.2) is 13.1 Å². The zero-order chi connectivity index (χ0) is 35.2. The zero-order valence-corrected chi connectivity index (χ0v) is 30.5. The van der Waals surface area contributed by atoms with Gasteiger partial charge in [0.25, 0.3) is 15.9 Å². The van der Waals surface area contributed by atoms with Gasteiger partial charge in [0.1, 0.15) is 6.61 Å². The van der Waals surface area contributed by atoms with Crippen molar-refractivity contribution in [3.63, 3.8) is 0 Å². The van der Waals surface area contributed by atoms with E-state index >= 15 is 0 Å². The molecule has 9 nitrogen and oxygen atoms in total. The van der Waals surface area contributed by atoms with Gasteiger partial charge in [-0.15, -0.1) is 0 Å². The highest BCUT2D eigenvalue weighted by atomic mass is 32.2. The molecule has 1 aliphatic rings. The first-order valence-corrected chi connectivity index (χ1v) is 20.3. The number of aromatic nitrogens is 1. The summed E-state index contributed by atoms with van der Waals surface area (Å²) in [4.78, 5) is 41.2. The Hall–Kier alpha value is -3.27. The van der Waals surface area contributed by atoms with Gasteiger partial charge in [-0.2, -0.15) is 0 Å². The SMILES string of the molecule is CCCCCCCCCCCCCCCC(=O)OCc1ccc(C(=O)NS(=O)(=O)c2ccc(CCNC(=O)CC3CCCCC3)cc2)cn1. The van der Waals surface area contributed by atoms with Crippen LogP contribution < -0.4 is 10.0 Å². The van der Waals surface area contributed by atoms with Crippen molar-refractivity contribution in [2.45, 2.75) is 153 Å². The number of unbranched alkanes of at least 4 members (excludes halogenated alkanes) is 12. The van der Waals surface area contributed by atoms with Crippen LogP contribution >= 0.6 is 0 Å². The number of carbonyl (C=O) groups is 3. The average Bonchev–Trinajstić information content (AvgIpc) is 3.10. The Morgan fingerprint density at radius 2 is 1.41 bits per heavy atom. The summed E-state index contributed by atoms with van der Waals surface area (Å²) in [6.45, 7) is 2.72. The number of esters is 1.